The quantitative estimate of drug-likeness (QED) is 0.141. The molecule has 2 aliphatic heterocycles. The number of hydrogen-bond acceptors (Lipinski definition) is 4. The first-order valence-electron chi connectivity index (χ1n) is 15.2. The van der Waals surface area contributed by atoms with Gasteiger partial charge in [-0.1, -0.05) is 53.6 Å². The molecule has 0 bridgehead atoms. The Morgan fingerprint density at radius 2 is 1.44 bits per heavy atom. The van der Waals surface area contributed by atoms with Crippen LogP contribution in [0.2, 0.25) is 0 Å². The number of benzene rings is 4. The third-order valence-electron chi connectivity index (χ3n) is 8.65. The molecule has 6 aromatic rings. The molecule has 4 aromatic carbocycles. The van der Waals surface area contributed by atoms with Crippen LogP contribution in [-0.2, 0) is 32.9 Å². The van der Waals surface area contributed by atoms with Crippen molar-refractivity contribution in [3.8, 4) is 45.5 Å². The number of para-hydroxylation sites is 1. The molecule has 6 heteroatoms. The Hall–Kier alpha value is -4.51. The van der Waals surface area contributed by atoms with Gasteiger partial charge in [-0.15, -0.1) is 59.6 Å². The van der Waals surface area contributed by atoms with Crippen molar-refractivity contribution in [2.75, 3.05) is 0 Å². The molecule has 0 unspecified atom stereocenters. The summed E-state index contributed by atoms with van der Waals surface area (Å²) in [5.74, 6) is 3.49. The van der Waals surface area contributed by atoms with Crippen molar-refractivity contribution in [2.45, 2.75) is 32.6 Å². The summed E-state index contributed by atoms with van der Waals surface area (Å²) in [6.45, 7) is 2.11. The molecular formula is C39H29BIrN2O2-2. The fourth-order valence-corrected chi connectivity index (χ4v) is 6.46. The zero-order valence-corrected chi connectivity index (χ0v) is 27.2. The summed E-state index contributed by atoms with van der Waals surface area (Å²) < 4.78 is 12.7. The van der Waals surface area contributed by atoms with Crippen molar-refractivity contribution >= 4 is 23.1 Å². The van der Waals surface area contributed by atoms with Gasteiger partial charge in [0.25, 0.3) is 0 Å². The number of nitrogens with zero attached hydrogens (tertiary/aromatic N) is 2. The first-order valence-corrected chi connectivity index (χ1v) is 15.2. The van der Waals surface area contributed by atoms with Crippen LogP contribution >= 0.6 is 0 Å². The summed E-state index contributed by atoms with van der Waals surface area (Å²) in [5, 5.41) is 0. The second-order valence-corrected chi connectivity index (χ2v) is 11.5. The van der Waals surface area contributed by atoms with Crippen LogP contribution in [0, 0.1) is 19.1 Å². The molecule has 4 heterocycles. The van der Waals surface area contributed by atoms with E-state index in [2.05, 4.69) is 53.6 Å². The van der Waals surface area contributed by atoms with Gasteiger partial charge in [0.05, 0.1) is 0 Å². The Kier molecular flexibility index (Phi) is 8.10. The Morgan fingerprint density at radius 1 is 0.667 bits per heavy atom. The molecule has 3 aliphatic rings. The molecule has 0 atom stereocenters. The van der Waals surface area contributed by atoms with E-state index in [1.807, 2.05) is 79.9 Å². The molecule has 2 aromatic heterocycles. The standard InChI is InChI=1S/C27H19BNO2.C12H10N.Ir/c1-2-8-18-16-29-22(15-17(18)7-1)19-9-5-11-21-27(19)31-25-14-6-13-24-26(25)28(21)20-10-3-4-12-23(20)30-24;1-10-7-8-12(13-9-10)11-5-3-2-4-6-11;/h3-6,10-16H,1-2,7-8H2;2-5,7-9H,1H3;/q2*-1;. The summed E-state index contributed by atoms with van der Waals surface area (Å²) in [6.07, 6.45) is 8.68. The van der Waals surface area contributed by atoms with Crippen molar-refractivity contribution in [1.82, 2.24) is 9.97 Å². The maximum atomic E-state index is 6.52. The third-order valence-corrected chi connectivity index (χ3v) is 8.65. The van der Waals surface area contributed by atoms with Crippen LogP contribution in [0.25, 0.3) is 22.5 Å². The van der Waals surface area contributed by atoms with Gasteiger partial charge in [-0.2, -0.15) is 0 Å². The number of ether oxygens (including phenoxy) is 2. The zero-order valence-electron chi connectivity index (χ0n) is 24.8. The van der Waals surface area contributed by atoms with Crippen molar-refractivity contribution in [3.05, 3.63) is 138 Å². The van der Waals surface area contributed by atoms with Gasteiger partial charge >= 0.3 is 0 Å². The minimum absolute atomic E-state index is 0. The fourth-order valence-electron chi connectivity index (χ4n) is 6.46. The Balaban J connectivity index is 0.000000196. The minimum Gasteiger partial charge on any atom is -0.503 e. The topological polar surface area (TPSA) is 44.2 Å². The smallest absolute Gasteiger partial charge is 0.241 e. The number of hydrogen-bond donors (Lipinski definition) is 0. The summed E-state index contributed by atoms with van der Waals surface area (Å²) in [4.78, 5) is 9.13. The molecular weight excluding hydrogens is 731 g/mol. The van der Waals surface area contributed by atoms with Crippen molar-refractivity contribution < 1.29 is 29.6 Å². The van der Waals surface area contributed by atoms with Gasteiger partial charge in [0.1, 0.15) is 17.2 Å². The number of pyridine rings is 2. The van der Waals surface area contributed by atoms with Gasteiger partial charge in [0.15, 0.2) is 0 Å². The molecule has 0 saturated heterocycles. The minimum atomic E-state index is 0. The van der Waals surface area contributed by atoms with Crippen LogP contribution in [0.5, 0.6) is 23.0 Å². The Morgan fingerprint density at radius 3 is 2.27 bits per heavy atom. The van der Waals surface area contributed by atoms with E-state index in [1.165, 1.54) is 35.0 Å². The molecule has 45 heavy (non-hydrogen) atoms. The van der Waals surface area contributed by atoms with Crippen LogP contribution in [0.1, 0.15) is 29.5 Å². The molecule has 0 saturated carbocycles. The fraction of sp³-hybridized carbons (Fsp3) is 0.128. The van der Waals surface area contributed by atoms with Crippen molar-refractivity contribution in [1.29, 1.82) is 0 Å². The maximum Gasteiger partial charge on any atom is 0.241 e. The SMILES string of the molecule is Cc1ccc(-c2[c-]cccc2)nc1.[Ir].[c-]1ccc2c(c1-c1cc3c(cn1)CCCC3)Oc1cccc3c1B2c1ccccc1O3. The van der Waals surface area contributed by atoms with Gasteiger partial charge in [-0.3, -0.25) is 0 Å². The van der Waals surface area contributed by atoms with Crippen LogP contribution in [-0.4, -0.2) is 16.7 Å². The molecule has 0 spiro atoms. The van der Waals surface area contributed by atoms with E-state index in [4.69, 9.17) is 14.5 Å². The van der Waals surface area contributed by atoms with Crippen LogP contribution < -0.4 is 25.9 Å². The van der Waals surface area contributed by atoms with E-state index < -0.39 is 0 Å². The van der Waals surface area contributed by atoms with Gasteiger partial charge in [-0.25, -0.2) is 0 Å². The summed E-state index contributed by atoms with van der Waals surface area (Å²) in [7, 11) is 0. The van der Waals surface area contributed by atoms with Crippen LogP contribution in [0.3, 0.4) is 0 Å². The molecule has 0 amide bonds. The number of aryl methyl sites for hydroxylation is 3. The van der Waals surface area contributed by atoms with E-state index >= 15 is 0 Å². The van der Waals surface area contributed by atoms with Gasteiger partial charge < -0.3 is 19.4 Å². The Labute approximate surface area is 277 Å². The number of rotatable bonds is 2. The maximum absolute atomic E-state index is 6.52. The predicted molar refractivity (Wildman–Crippen MR) is 176 cm³/mol. The predicted octanol–water partition coefficient (Wildman–Crippen LogP) is 7.01. The summed E-state index contributed by atoms with van der Waals surface area (Å²) >= 11 is 0. The Bertz CT molecular complexity index is 2000. The van der Waals surface area contributed by atoms with E-state index in [-0.39, 0.29) is 26.8 Å². The van der Waals surface area contributed by atoms with Crippen LogP contribution in [0.4, 0.5) is 0 Å². The number of fused-ring (bicyclic) bond motifs is 5. The third kappa shape index (κ3) is 5.50. The largest absolute Gasteiger partial charge is 0.503 e. The van der Waals surface area contributed by atoms with Gasteiger partial charge in [-0.05, 0) is 78.8 Å². The second-order valence-electron chi connectivity index (χ2n) is 11.5. The monoisotopic (exact) mass is 761 g/mol. The molecule has 1 aliphatic carbocycles. The van der Waals surface area contributed by atoms with Crippen molar-refractivity contribution in [3.63, 3.8) is 0 Å². The molecule has 4 nitrogen and oxygen atoms in total. The average molecular weight is 761 g/mol. The van der Waals surface area contributed by atoms with Crippen LogP contribution in [0.15, 0.2) is 109 Å². The average Bonchev–Trinajstić information content (AvgIpc) is 3.09. The molecule has 9 rings (SSSR count). The summed E-state index contributed by atoms with van der Waals surface area (Å²) in [5.41, 5.74) is 11.3. The van der Waals surface area contributed by atoms with E-state index in [1.54, 1.807) is 0 Å². The molecule has 221 valence electrons. The zero-order chi connectivity index (χ0) is 29.5. The molecule has 1 radical (unpaired) electrons. The van der Waals surface area contributed by atoms with E-state index in [0.717, 1.165) is 69.3 Å². The van der Waals surface area contributed by atoms with Gasteiger partial charge in [0.2, 0.25) is 6.71 Å². The van der Waals surface area contributed by atoms with E-state index in [0.29, 0.717) is 0 Å². The summed E-state index contributed by atoms with van der Waals surface area (Å²) in [6, 6.07) is 39.2. The molecule has 0 fully saturated rings. The van der Waals surface area contributed by atoms with E-state index in [9.17, 15) is 0 Å². The first-order chi connectivity index (χ1) is 21.7. The second kappa shape index (κ2) is 12.5. The van der Waals surface area contributed by atoms with Gasteiger partial charge in [0, 0.05) is 43.7 Å². The molecule has 0 N–H and O–H groups in total. The normalized spacial score (nSPS) is 13.2. The van der Waals surface area contributed by atoms with Crippen molar-refractivity contribution in [2.24, 2.45) is 0 Å². The first kappa shape index (κ1) is 29.2. The number of aromatic nitrogens is 2.